The number of hydrogen-bond donors (Lipinski definition) is 2. The van der Waals surface area contributed by atoms with E-state index in [-0.39, 0.29) is 6.03 Å². The van der Waals surface area contributed by atoms with E-state index in [0.717, 1.165) is 6.42 Å². The number of urea groups is 1. The van der Waals surface area contributed by atoms with Crippen molar-refractivity contribution in [2.24, 2.45) is 5.41 Å². The van der Waals surface area contributed by atoms with E-state index in [1.807, 2.05) is 17.5 Å². The molecule has 6 heteroatoms. The summed E-state index contributed by atoms with van der Waals surface area (Å²) in [5, 5.41) is 13.8. The maximum Gasteiger partial charge on any atom is 0.326 e. The highest BCUT2D eigenvalue weighted by molar-refractivity contribution is 7.09. The fourth-order valence-electron chi connectivity index (χ4n) is 1.72. The van der Waals surface area contributed by atoms with Crippen molar-refractivity contribution in [2.45, 2.75) is 33.2 Å². The predicted octanol–water partition coefficient (Wildman–Crippen LogP) is 2.43. The van der Waals surface area contributed by atoms with Crippen molar-refractivity contribution in [3.63, 3.8) is 0 Å². The standard InChI is InChI=1S/C14H22N2O3S/c1-14(2,3)11(12(17)18)15-13(19)16(4)8-7-10-6-5-9-20-10/h5-6,9,11H,7-8H2,1-4H3,(H,15,19)(H,17,18). The lowest BCUT2D eigenvalue weighted by molar-refractivity contribution is -0.142. The summed E-state index contributed by atoms with van der Waals surface area (Å²) in [6, 6.07) is 2.73. The topological polar surface area (TPSA) is 69.6 Å². The van der Waals surface area contributed by atoms with Gasteiger partial charge in [0, 0.05) is 18.5 Å². The van der Waals surface area contributed by atoms with Crippen LogP contribution in [0.1, 0.15) is 25.6 Å². The highest BCUT2D eigenvalue weighted by Crippen LogP contribution is 2.19. The average Bonchev–Trinajstić information content (AvgIpc) is 2.83. The van der Waals surface area contributed by atoms with E-state index in [1.54, 1.807) is 39.2 Å². The van der Waals surface area contributed by atoms with Gasteiger partial charge in [-0.1, -0.05) is 26.8 Å². The van der Waals surface area contributed by atoms with Gasteiger partial charge in [-0.3, -0.25) is 0 Å². The first kappa shape index (κ1) is 16.5. The van der Waals surface area contributed by atoms with E-state index in [0.29, 0.717) is 6.54 Å². The third-order valence-corrected chi connectivity index (χ3v) is 3.94. The largest absolute Gasteiger partial charge is 0.480 e. The second-order valence-electron chi connectivity index (χ2n) is 5.84. The van der Waals surface area contributed by atoms with E-state index in [2.05, 4.69) is 5.32 Å². The summed E-state index contributed by atoms with van der Waals surface area (Å²) in [5.74, 6) is -1.02. The van der Waals surface area contributed by atoms with Crippen LogP contribution in [0.3, 0.4) is 0 Å². The first-order chi connectivity index (χ1) is 9.21. The lowest BCUT2D eigenvalue weighted by Gasteiger charge is -2.29. The molecule has 0 aliphatic heterocycles. The first-order valence-electron chi connectivity index (χ1n) is 6.48. The minimum absolute atomic E-state index is 0.358. The molecule has 112 valence electrons. The van der Waals surface area contributed by atoms with Gasteiger partial charge < -0.3 is 15.3 Å². The number of aliphatic carboxylic acids is 1. The van der Waals surface area contributed by atoms with Gasteiger partial charge in [0.05, 0.1) is 0 Å². The molecule has 5 nitrogen and oxygen atoms in total. The second kappa shape index (κ2) is 6.74. The lowest BCUT2D eigenvalue weighted by atomic mass is 9.87. The molecule has 0 fully saturated rings. The summed E-state index contributed by atoms with van der Waals surface area (Å²) in [7, 11) is 1.67. The third kappa shape index (κ3) is 4.85. The molecule has 20 heavy (non-hydrogen) atoms. The quantitative estimate of drug-likeness (QED) is 0.877. The Bertz CT molecular complexity index is 451. The highest BCUT2D eigenvalue weighted by Gasteiger charge is 2.33. The van der Waals surface area contributed by atoms with Crippen LogP contribution in [-0.2, 0) is 11.2 Å². The van der Waals surface area contributed by atoms with Crippen molar-refractivity contribution in [1.82, 2.24) is 10.2 Å². The molecule has 0 aliphatic carbocycles. The minimum atomic E-state index is -1.02. The highest BCUT2D eigenvalue weighted by atomic mass is 32.1. The molecule has 1 aromatic heterocycles. The lowest BCUT2D eigenvalue weighted by Crippen LogP contribution is -2.52. The molecule has 1 aromatic rings. The zero-order chi connectivity index (χ0) is 15.3. The molecule has 1 rings (SSSR count). The maximum atomic E-state index is 12.0. The summed E-state index contributed by atoms with van der Waals surface area (Å²) in [6.07, 6.45) is 0.773. The van der Waals surface area contributed by atoms with Gasteiger partial charge in [-0.15, -0.1) is 11.3 Å². The number of likely N-dealkylation sites (N-methyl/N-ethyl adjacent to an activating group) is 1. The Kier molecular flexibility index (Phi) is 5.56. The van der Waals surface area contributed by atoms with Crippen LogP contribution in [0.5, 0.6) is 0 Å². The number of amides is 2. The summed E-state index contributed by atoms with van der Waals surface area (Å²) in [4.78, 5) is 26.0. The van der Waals surface area contributed by atoms with Crippen LogP contribution in [-0.4, -0.2) is 41.6 Å². The molecule has 0 radical (unpaired) electrons. The zero-order valence-electron chi connectivity index (χ0n) is 12.3. The van der Waals surface area contributed by atoms with Crippen LogP contribution in [0.2, 0.25) is 0 Å². The number of carbonyl (C=O) groups is 2. The van der Waals surface area contributed by atoms with Crippen LogP contribution < -0.4 is 5.32 Å². The van der Waals surface area contributed by atoms with E-state index < -0.39 is 17.4 Å². The number of carbonyl (C=O) groups excluding carboxylic acids is 1. The Morgan fingerprint density at radius 1 is 1.45 bits per heavy atom. The number of thiophene rings is 1. The average molecular weight is 298 g/mol. The second-order valence-corrected chi connectivity index (χ2v) is 6.87. The molecule has 1 heterocycles. The molecule has 0 bridgehead atoms. The molecular formula is C14H22N2O3S. The summed E-state index contributed by atoms with van der Waals surface area (Å²) >= 11 is 1.65. The number of nitrogens with one attached hydrogen (secondary N) is 1. The van der Waals surface area contributed by atoms with Gasteiger partial charge >= 0.3 is 12.0 Å². The van der Waals surface area contributed by atoms with Gasteiger partial charge in [0.15, 0.2) is 0 Å². The van der Waals surface area contributed by atoms with Crippen LogP contribution in [0.15, 0.2) is 17.5 Å². The molecule has 0 saturated carbocycles. The van der Waals surface area contributed by atoms with Gasteiger partial charge in [-0.2, -0.15) is 0 Å². The minimum Gasteiger partial charge on any atom is -0.480 e. The smallest absolute Gasteiger partial charge is 0.326 e. The van der Waals surface area contributed by atoms with Crippen LogP contribution in [0.4, 0.5) is 4.79 Å². The monoisotopic (exact) mass is 298 g/mol. The van der Waals surface area contributed by atoms with Gasteiger partial charge in [0.1, 0.15) is 6.04 Å². The van der Waals surface area contributed by atoms with Crippen molar-refractivity contribution in [3.8, 4) is 0 Å². The SMILES string of the molecule is CN(CCc1cccs1)C(=O)NC(C(=O)O)C(C)(C)C. The molecular weight excluding hydrogens is 276 g/mol. The molecule has 2 N–H and O–H groups in total. The number of hydrogen-bond acceptors (Lipinski definition) is 3. The fourth-order valence-corrected chi connectivity index (χ4v) is 2.41. The molecule has 2 amide bonds. The summed E-state index contributed by atoms with van der Waals surface area (Å²) in [6.45, 7) is 5.93. The number of carboxylic acids is 1. The molecule has 0 aliphatic rings. The van der Waals surface area contributed by atoms with Crippen LogP contribution >= 0.6 is 11.3 Å². The van der Waals surface area contributed by atoms with Crippen molar-refractivity contribution >= 4 is 23.3 Å². The molecule has 1 unspecified atom stereocenters. The Labute approximate surface area is 123 Å². The Hall–Kier alpha value is -1.56. The van der Waals surface area contributed by atoms with Crippen molar-refractivity contribution in [2.75, 3.05) is 13.6 Å². The zero-order valence-corrected chi connectivity index (χ0v) is 13.2. The number of carboxylic acid groups (broad SMARTS) is 1. The Balaban J connectivity index is 2.53. The number of nitrogens with zero attached hydrogens (tertiary/aromatic N) is 1. The van der Waals surface area contributed by atoms with Crippen molar-refractivity contribution in [3.05, 3.63) is 22.4 Å². The summed E-state index contributed by atoms with van der Waals surface area (Å²) in [5.41, 5.74) is -0.532. The maximum absolute atomic E-state index is 12.0. The first-order valence-corrected chi connectivity index (χ1v) is 7.36. The normalized spacial score (nSPS) is 12.8. The molecule has 0 spiro atoms. The third-order valence-electron chi connectivity index (χ3n) is 3.00. The number of rotatable bonds is 5. The predicted molar refractivity (Wildman–Crippen MR) is 80.1 cm³/mol. The van der Waals surface area contributed by atoms with E-state index in [4.69, 9.17) is 0 Å². The molecule has 1 atom stereocenters. The Morgan fingerprint density at radius 3 is 2.55 bits per heavy atom. The van der Waals surface area contributed by atoms with Crippen LogP contribution in [0.25, 0.3) is 0 Å². The van der Waals surface area contributed by atoms with Crippen LogP contribution in [0, 0.1) is 5.41 Å². The van der Waals surface area contributed by atoms with E-state index >= 15 is 0 Å². The van der Waals surface area contributed by atoms with Gasteiger partial charge in [-0.05, 0) is 23.3 Å². The molecule has 0 aromatic carbocycles. The van der Waals surface area contributed by atoms with E-state index in [9.17, 15) is 14.7 Å². The molecule has 0 saturated heterocycles. The van der Waals surface area contributed by atoms with E-state index in [1.165, 1.54) is 9.78 Å². The summed E-state index contributed by atoms with van der Waals surface area (Å²) < 4.78 is 0. The Morgan fingerprint density at radius 2 is 2.10 bits per heavy atom. The van der Waals surface area contributed by atoms with Gasteiger partial charge in [0.2, 0.25) is 0 Å². The van der Waals surface area contributed by atoms with Crippen molar-refractivity contribution < 1.29 is 14.7 Å². The van der Waals surface area contributed by atoms with Gasteiger partial charge in [-0.25, -0.2) is 9.59 Å². The fraction of sp³-hybridized carbons (Fsp3) is 0.571. The van der Waals surface area contributed by atoms with Gasteiger partial charge in [0.25, 0.3) is 0 Å². The van der Waals surface area contributed by atoms with Crippen molar-refractivity contribution in [1.29, 1.82) is 0 Å².